The van der Waals surface area contributed by atoms with E-state index in [4.69, 9.17) is 39.8 Å². The Balaban J connectivity index is 2.05. The Labute approximate surface area is 181 Å². The van der Waals surface area contributed by atoms with Crippen LogP contribution in [0.5, 0.6) is 0 Å². The summed E-state index contributed by atoms with van der Waals surface area (Å²) in [6, 6.07) is 6.69. The molecular formula is C20H15Cl3N4O2. The average Bonchev–Trinajstić information content (AvgIpc) is 3.01. The number of carboxylic acids is 1. The van der Waals surface area contributed by atoms with E-state index in [9.17, 15) is 9.90 Å². The first-order valence-corrected chi connectivity index (χ1v) is 9.95. The number of rotatable bonds is 4. The maximum absolute atomic E-state index is 11.2. The molecule has 0 aliphatic carbocycles. The first-order valence-electron chi connectivity index (χ1n) is 8.82. The van der Waals surface area contributed by atoms with Crippen LogP contribution in [-0.4, -0.2) is 31.3 Å². The van der Waals surface area contributed by atoms with Crippen LogP contribution < -0.4 is 0 Å². The molecule has 3 heterocycles. The maximum atomic E-state index is 11.2. The Bertz CT molecular complexity index is 1140. The van der Waals surface area contributed by atoms with E-state index >= 15 is 0 Å². The topological polar surface area (TPSA) is 80.4 Å². The van der Waals surface area contributed by atoms with Crippen LogP contribution in [0.3, 0.4) is 0 Å². The van der Waals surface area contributed by atoms with Crippen molar-refractivity contribution in [3.05, 3.63) is 74.5 Å². The van der Waals surface area contributed by atoms with Crippen molar-refractivity contribution >= 4 is 46.5 Å². The highest BCUT2D eigenvalue weighted by Gasteiger charge is 2.31. The first-order chi connectivity index (χ1) is 13.9. The molecule has 0 radical (unpaired) electrons. The Hall–Kier alpha value is -2.41. The fraction of sp³-hybridized carbons (Fsp3) is 0.200. The van der Waals surface area contributed by atoms with Crippen LogP contribution in [0.25, 0.3) is 5.69 Å². The third kappa shape index (κ3) is 3.52. The number of imidazole rings is 1. The van der Waals surface area contributed by atoms with Crippen LogP contribution in [-0.2, 0) is 4.79 Å². The highest BCUT2D eigenvalue weighted by atomic mass is 35.5. The molecule has 6 nitrogen and oxygen atoms in total. The van der Waals surface area contributed by atoms with Gasteiger partial charge in [-0.1, -0.05) is 40.9 Å². The van der Waals surface area contributed by atoms with Gasteiger partial charge in [0, 0.05) is 30.1 Å². The van der Waals surface area contributed by atoms with E-state index in [2.05, 4.69) is 9.97 Å². The number of fused-ring (bicyclic) bond motifs is 3. The molecule has 0 fully saturated rings. The number of benzene rings is 1. The monoisotopic (exact) mass is 448 g/mol. The van der Waals surface area contributed by atoms with E-state index in [-0.39, 0.29) is 22.9 Å². The zero-order chi connectivity index (χ0) is 20.7. The second kappa shape index (κ2) is 7.78. The van der Waals surface area contributed by atoms with Gasteiger partial charge in [-0.15, -0.1) is 0 Å². The number of hydrogen-bond donors (Lipinski definition) is 1. The SMILES string of the molecule is Cc1cnc2n1-c1c(cc(Cl)c(Cl)c1Cl)C(c1ccccn1)=N[C@H]2CCC(=O)O. The lowest BCUT2D eigenvalue weighted by Gasteiger charge is -2.17. The summed E-state index contributed by atoms with van der Waals surface area (Å²) in [5, 5.41) is 10.00. The van der Waals surface area contributed by atoms with Crippen LogP contribution >= 0.6 is 34.8 Å². The molecule has 0 saturated carbocycles. The highest BCUT2D eigenvalue weighted by Crippen LogP contribution is 2.42. The third-order valence-corrected chi connectivity index (χ3v) is 5.95. The Morgan fingerprint density at radius 3 is 2.69 bits per heavy atom. The van der Waals surface area contributed by atoms with Gasteiger partial charge in [0.1, 0.15) is 11.9 Å². The van der Waals surface area contributed by atoms with Gasteiger partial charge in [0.15, 0.2) is 0 Å². The molecule has 0 bridgehead atoms. The van der Waals surface area contributed by atoms with Gasteiger partial charge in [-0.05, 0) is 31.5 Å². The molecule has 1 aliphatic heterocycles. The van der Waals surface area contributed by atoms with Crippen molar-refractivity contribution in [2.45, 2.75) is 25.8 Å². The van der Waals surface area contributed by atoms with E-state index in [1.165, 1.54) is 0 Å². The van der Waals surface area contributed by atoms with E-state index in [1.807, 2.05) is 23.6 Å². The van der Waals surface area contributed by atoms with Gasteiger partial charge in [-0.3, -0.25) is 19.3 Å². The first kappa shape index (κ1) is 19.9. The fourth-order valence-electron chi connectivity index (χ4n) is 3.41. The quantitative estimate of drug-likeness (QED) is 0.549. The smallest absolute Gasteiger partial charge is 0.303 e. The zero-order valence-corrected chi connectivity index (χ0v) is 17.5. The number of halogens is 3. The van der Waals surface area contributed by atoms with Crippen molar-refractivity contribution in [1.82, 2.24) is 14.5 Å². The summed E-state index contributed by atoms with van der Waals surface area (Å²) in [6.45, 7) is 1.89. The van der Waals surface area contributed by atoms with Crippen molar-refractivity contribution in [2.75, 3.05) is 0 Å². The predicted molar refractivity (Wildman–Crippen MR) is 113 cm³/mol. The summed E-state index contributed by atoms with van der Waals surface area (Å²) in [4.78, 5) is 25.0. The molecule has 148 valence electrons. The van der Waals surface area contributed by atoms with Crippen molar-refractivity contribution in [3.8, 4) is 5.69 Å². The van der Waals surface area contributed by atoms with E-state index in [0.29, 0.717) is 33.5 Å². The molecule has 4 rings (SSSR count). The normalized spacial score (nSPS) is 15.3. The average molecular weight is 450 g/mol. The fourth-order valence-corrected chi connectivity index (χ4v) is 4.09. The minimum Gasteiger partial charge on any atom is -0.481 e. The number of pyridine rings is 1. The maximum Gasteiger partial charge on any atom is 0.303 e. The highest BCUT2D eigenvalue weighted by molar-refractivity contribution is 6.49. The summed E-state index contributed by atoms with van der Waals surface area (Å²) in [5.41, 5.74) is 3.25. The molecule has 0 spiro atoms. The molecule has 29 heavy (non-hydrogen) atoms. The van der Waals surface area contributed by atoms with Crippen LogP contribution in [0, 0.1) is 6.92 Å². The van der Waals surface area contributed by atoms with Crippen molar-refractivity contribution in [2.24, 2.45) is 4.99 Å². The number of hydrogen-bond acceptors (Lipinski definition) is 4. The summed E-state index contributed by atoms with van der Waals surface area (Å²) < 4.78 is 1.87. The van der Waals surface area contributed by atoms with Gasteiger partial charge < -0.3 is 5.11 Å². The number of nitrogens with zero attached hydrogens (tertiary/aromatic N) is 4. The molecule has 0 unspecified atom stereocenters. The summed E-state index contributed by atoms with van der Waals surface area (Å²) in [5.74, 6) is -0.309. The molecule has 1 N–H and O–H groups in total. The van der Waals surface area contributed by atoms with Crippen molar-refractivity contribution < 1.29 is 9.90 Å². The summed E-state index contributed by atoms with van der Waals surface area (Å²) in [7, 11) is 0. The third-order valence-electron chi connectivity index (χ3n) is 4.70. The van der Waals surface area contributed by atoms with Crippen LogP contribution in [0.15, 0.2) is 41.7 Å². The molecule has 0 saturated heterocycles. The van der Waals surface area contributed by atoms with Gasteiger partial charge in [-0.2, -0.15) is 0 Å². The molecule has 1 aromatic carbocycles. The zero-order valence-electron chi connectivity index (χ0n) is 15.2. The number of carbonyl (C=O) groups is 1. The van der Waals surface area contributed by atoms with Crippen LogP contribution in [0.4, 0.5) is 0 Å². The summed E-state index contributed by atoms with van der Waals surface area (Å²) >= 11 is 19.3. The second-order valence-corrected chi connectivity index (χ2v) is 7.78. The number of aliphatic imine (C=N–C) groups is 1. The minimum atomic E-state index is -0.903. The molecule has 0 amide bonds. The Morgan fingerprint density at radius 1 is 1.21 bits per heavy atom. The number of aryl methyl sites for hydroxylation is 1. The largest absolute Gasteiger partial charge is 0.481 e. The lowest BCUT2D eigenvalue weighted by molar-refractivity contribution is -0.137. The van der Waals surface area contributed by atoms with Gasteiger partial charge >= 0.3 is 5.97 Å². The Kier molecular flexibility index (Phi) is 5.34. The lowest BCUT2D eigenvalue weighted by Crippen LogP contribution is -2.10. The van der Waals surface area contributed by atoms with E-state index in [1.54, 1.807) is 24.5 Å². The van der Waals surface area contributed by atoms with Crippen LogP contribution in [0.2, 0.25) is 15.1 Å². The minimum absolute atomic E-state index is 0.0544. The number of aromatic nitrogens is 3. The molecule has 1 atom stereocenters. The summed E-state index contributed by atoms with van der Waals surface area (Å²) in [6.07, 6.45) is 3.58. The molecular weight excluding hydrogens is 435 g/mol. The van der Waals surface area contributed by atoms with Crippen LogP contribution in [0.1, 0.15) is 41.7 Å². The van der Waals surface area contributed by atoms with E-state index in [0.717, 1.165) is 5.69 Å². The molecule has 2 aromatic heterocycles. The molecule has 9 heteroatoms. The number of carboxylic acid groups (broad SMARTS) is 1. The standard InChI is InChI=1S/C20H15Cl3N4O2/c1-10-9-25-20-14(5-6-15(28)29)26-18(13-4-2-3-7-24-13)11-8-12(21)16(22)17(23)19(11)27(10)20/h2-4,7-9,14H,5-6H2,1H3,(H,28,29)/t14-/m0/s1. The molecule has 1 aliphatic rings. The Morgan fingerprint density at radius 2 is 2.00 bits per heavy atom. The van der Waals surface area contributed by atoms with Gasteiger partial charge in [-0.25, -0.2) is 4.98 Å². The van der Waals surface area contributed by atoms with Crippen molar-refractivity contribution in [1.29, 1.82) is 0 Å². The number of aliphatic carboxylic acids is 1. The van der Waals surface area contributed by atoms with Gasteiger partial charge in [0.05, 0.1) is 32.2 Å². The van der Waals surface area contributed by atoms with E-state index < -0.39 is 12.0 Å². The second-order valence-electron chi connectivity index (χ2n) is 6.62. The predicted octanol–water partition coefficient (Wildman–Crippen LogP) is 5.29. The lowest BCUT2D eigenvalue weighted by atomic mass is 10.0. The van der Waals surface area contributed by atoms with Gasteiger partial charge in [0.25, 0.3) is 0 Å². The molecule has 3 aromatic rings. The van der Waals surface area contributed by atoms with Gasteiger partial charge in [0.2, 0.25) is 0 Å². The van der Waals surface area contributed by atoms with Crippen molar-refractivity contribution in [3.63, 3.8) is 0 Å².